The van der Waals surface area contributed by atoms with E-state index in [-0.39, 0.29) is 16.6 Å². The van der Waals surface area contributed by atoms with Crippen molar-refractivity contribution in [3.63, 3.8) is 0 Å². The number of anilines is 1. The Labute approximate surface area is 238 Å². The fraction of sp³-hybridized carbons (Fsp3) is 0.111. The van der Waals surface area contributed by atoms with E-state index in [4.69, 9.17) is 21.9 Å². The number of nitrogens with one attached hydrogen (secondary N) is 1. The maximum atomic E-state index is 13.9. The molecule has 0 saturated heterocycles. The standard InChI is InChI=1S/C27H19F3N4O3S3/c1-37-20-13-6-5-12-19(20)34-24(36)22-23(33(26(38)40-22)18-10-3-2-4-11-18)32-25(34)39-15-21(35)31-17-9-7-8-16(14-17)27(28,29)30/h2-14H,15H2,1H3,(H,31,35). The monoisotopic (exact) mass is 600 g/mol. The Kier molecular flexibility index (Phi) is 7.79. The minimum absolute atomic E-state index is 0.00135. The van der Waals surface area contributed by atoms with Gasteiger partial charge in [0.05, 0.1) is 24.1 Å². The Morgan fingerprint density at radius 2 is 1.77 bits per heavy atom. The van der Waals surface area contributed by atoms with E-state index in [1.54, 1.807) is 28.8 Å². The highest BCUT2D eigenvalue weighted by molar-refractivity contribution is 7.99. The van der Waals surface area contributed by atoms with Crippen molar-refractivity contribution >= 4 is 57.3 Å². The average Bonchev–Trinajstić information content (AvgIpc) is 3.28. The van der Waals surface area contributed by atoms with Crippen molar-refractivity contribution in [3.05, 3.63) is 98.7 Å². The molecule has 0 aliphatic heterocycles. The largest absolute Gasteiger partial charge is 0.495 e. The van der Waals surface area contributed by atoms with Gasteiger partial charge in [0.15, 0.2) is 14.8 Å². The molecule has 40 heavy (non-hydrogen) atoms. The fourth-order valence-electron chi connectivity index (χ4n) is 3.96. The molecule has 2 aromatic heterocycles. The third kappa shape index (κ3) is 5.53. The van der Waals surface area contributed by atoms with Gasteiger partial charge in [-0.25, -0.2) is 4.98 Å². The van der Waals surface area contributed by atoms with Crippen molar-refractivity contribution in [1.82, 2.24) is 14.1 Å². The van der Waals surface area contributed by atoms with E-state index >= 15 is 0 Å². The molecule has 204 valence electrons. The Morgan fingerprint density at radius 1 is 1.05 bits per heavy atom. The highest BCUT2D eigenvalue weighted by Crippen LogP contribution is 2.32. The van der Waals surface area contributed by atoms with Crippen LogP contribution in [0.3, 0.4) is 0 Å². The molecule has 0 unspecified atom stereocenters. The highest BCUT2D eigenvalue weighted by atomic mass is 32.2. The summed E-state index contributed by atoms with van der Waals surface area (Å²) in [6.07, 6.45) is -4.54. The Morgan fingerprint density at radius 3 is 2.50 bits per heavy atom. The normalized spacial score (nSPS) is 11.5. The highest BCUT2D eigenvalue weighted by Gasteiger charge is 2.30. The zero-order chi connectivity index (χ0) is 28.4. The number of fused-ring (bicyclic) bond motifs is 1. The van der Waals surface area contributed by atoms with E-state index in [9.17, 15) is 22.8 Å². The Balaban J connectivity index is 1.57. The van der Waals surface area contributed by atoms with Crippen LogP contribution >= 0.6 is 35.3 Å². The number of rotatable bonds is 7. The molecule has 0 aliphatic rings. The van der Waals surface area contributed by atoms with Crippen LogP contribution in [-0.2, 0) is 11.0 Å². The molecule has 7 nitrogen and oxygen atoms in total. The number of nitrogens with zero attached hydrogens (tertiary/aromatic N) is 3. The van der Waals surface area contributed by atoms with Crippen LogP contribution in [0.15, 0.2) is 88.8 Å². The molecule has 3 aromatic carbocycles. The fourth-order valence-corrected chi connectivity index (χ4v) is 6.06. The van der Waals surface area contributed by atoms with E-state index in [0.717, 1.165) is 40.9 Å². The van der Waals surface area contributed by atoms with Gasteiger partial charge in [-0.15, -0.1) is 0 Å². The van der Waals surface area contributed by atoms with Gasteiger partial charge < -0.3 is 10.1 Å². The topological polar surface area (TPSA) is 78.2 Å². The number of methoxy groups -OCH3 is 1. The lowest BCUT2D eigenvalue weighted by Crippen LogP contribution is -2.23. The number of ether oxygens (including phenoxy) is 1. The lowest BCUT2D eigenvalue weighted by Gasteiger charge is -2.15. The van der Waals surface area contributed by atoms with Crippen molar-refractivity contribution in [1.29, 1.82) is 0 Å². The SMILES string of the molecule is COc1ccccc1-n1c(SCC(=O)Nc2cccc(C(F)(F)F)c2)nc2c(sc(=S)n2-c2ccccc2)c1=O. The molecule has 0 saturated carbocycles. The zero-order valence-corrected chi connectivity index (χ0v) is 23.1. The predicted octanol–water partition coefficient (Wildman–Crippen LogP) is 6.73. The number of thioether (sulfide) groups is 1. The van der Waals surface area contributed by atoms with Crippen LogP contribution in [0.25, 0.3) is 21.7 Å². The number of amides is 1. The Hall–Kier alpha value is -3.94. The first-order valence-electron chi connectivity index (χ1n) is 11.6. The number of hydrogen-bond donors (Lipinski definition) is 1. The van der Waals surface area contributed by atoms with Gasteiger partial charge in [0.1, 0.15) is 10.4 Å². The summed E-state index contributed by atoms with van der Waals surface area (Å²) in [7, 11) is 1.47. The molecule has 0 fully saturated rings. The second kappa shape index (κ2) is 11.3. The third-order valence-electron chi connectivity index (χ3n) is 5.72. The number of carbonyl (C=O) groups is 1. The second-order valence-electron chi connectivity index (χ2n) is 8.31. The van der Waals surface area contributed by atoms with E-state index in [0.29, 0.717) is 25.7 Å². The molecule has 0 radical (unpaired) electrons. The first-order chi connectivity index (χ1) is 19.2. The van der Waals surface area contributed by atoms with Crippen molar-refractivity contribution in [3.8, 4) is 17.1 Å². The molecule has 13 heteroatoms. The predicted molar refractivity (Wildman–Crippen MR) is 153 cm³/mol. The van der Waals surface area contributed by atoms with Crippen LogP contribution in [0.1, 0.15) is 5.56 Å². The first kappa shape index (κ1) is 27.6. The molecule has 1 amide bonds. The summed E-state index contributed by atoms with van der Waals surface area (Å²) < 4.78 is 48.5. The maximum absolute atomic E-state index is 13.9. The molecule has 0 bridgehead atoms. The maximum Gasteiger partial charge on any atom is 0.416 e. The zero-order valence-electron chi connectivity index (χ0n) is 20.6. The summed E-state index contributed by atoms with van der Waals surface area (Å²) in [6.45, 7) is 0. The third-order valence-corrected chi connectivity index (χ3v) is 8.01. The Bertz CT molecular complexity index is 1830. The van der Waals surface area contributed by atoms with Crippen LogP contribution in [0.2, 0.25) is 0 Å². The molecule has 0 atom stereocenters. The number of halogens is 3. The molecule has 5 rings (SSSR count). The van der Waals surface area contributed by atoms with Gasteiger partial charge in [-0.05, 0) is 54.7 Å². The van der Waals surface area contributed by atoms with Crippen LogP contribution in [0, 0.1) is 3.95 Å². The number of thiazole rings is 1. The van der Waals surface area contributed by atoms with Crippen molar-refractivity contribution in [2.75, 3.05) is 18.2 Å². The smallest absolute Gasteiger partial charge is 0.416 e. The van der Waals surface area contributed by atoms with Gasteiger partial charge in [0.2, 0.25) is 5.91 Å². The minimum atomic E-state index is -4.54. The summed E-state index contributed by atoms with van der Waals surface area (Å²) in [5.41, 5.74) is 0.188. The number of aromatic nitrogens is 3. The van der Waals surface area contributed by atoms with Crippen LogP contribution < -0.4 is 15.6 Å². The van der Waals surface area contributed by atoms with Gasteiger partial charge in [-0.3, -0.25) is 18.7 Å². The van der Waals surface area contributed by atoms with Crippen molar-refractivity contribution in [2.45, 2.75) is 11.3 Å². The number of para-hydroxylation sites is 3. The van der Waals surface area contributed by atoms with E-state index in [1.807, 2.05) is 30.3 Å². The average molecular weight is 601 g/mol. The lowest BCUT2D eigenvalue weighted by molar-refractivity contribution is -0.137. The molecule has 0 aliphatic carbocycles. The lowest BCUT2D eigenvalue weighted by atomic mass is 10.2. The summed E-state index contributed by atoms with van der Waals surface area (Å²) in [5.74, 6) is -0.401. The number of alkyl halides is 3. The molecule has 1 N–H and O–H groups in total. The number of carbonyl (C=O) groups excluding carboxylic acids is 1. The van der Waals surface area contributed by atoms with E-state index in [1.165, 1.54) is 23.8 Å². The van der Waals surface area contributed by atoms with Crippen LogP contribution in [0.4, 0.5) is 18.9 Å². The van der Waals surface area contributed by atoms with Crippen molar-refractivity contribution < 1.29 is 22.7 Å². The van der Waals surface area contributed by atoms with Gasteiger partial charge >= 0.3 is 6.18 Å². The summed E-state index contributed by atoms with van der Waals surface area (Å²) in [5, 5.41) is 2.66. The van der Waals surface area contributed by atoms with Gasteiger partial charge in [-0.1, -0.05) is 59.5 Å². The number of hydrogen-bond acceptors (Lipinski definition) is 7. The summed E-state index contributed by atoms with van der Waals surface area (Å²) in [6, 6.07) is 20.4. The van der Waals surface area contributed by atoms with Crippen LogP contribution in [-0.4, -0.2) is 32.9 Å². The first-order valence-corrected chi connectivity index (χ1v) is 13.9. The molecule has 5 aromatic rings. The summed E-state index contributed by atoms with van der Waals surface area (Å²) >= 11 is 7.66. The molecular formula is C27H19F3N4O3S3. The van der Waals surface area contributed by atoms with E-state index in [2.05, 4.69) is 5.32 Å². The molecule has 2 heterocycles. The van der Waals surface area contributed by atoms with Gasteiger partial charge in [-0.2, -0.15) is 13.2 Å². The minimum Gasteiger partial charge on any atom is -0.495 e. The number of benzene rings is 3. The quantitative estimate of drug-likeness (QED) is 0.127. The second-order valence-corrected chi connectivity index (χ2v) is 10.9. The van der Waals surface area contributed by atoms with Gasteiger partial charge in [0, 0.05) is 11.4 Å². The van der Waals surface area contributed by atoms with Crippen molar-refractivity contribution in [2.24, 2.45) is 0 Å². The molecular weight excluding hydrogens is 582 g/mol. The van der Waals surface area contributed by atoms with E-state index < -0.39 is 23.2 Å². The van der Waals surface area contributed by atoms with Gasteiger partial charge in [0.25, 0.3) is 5.56 Å². The summed E-state index contributed by atoms with van der Waals surface area (Å²) in [4.78, 5) is 31.4. The van der Waals surface area contributed by atoms with Crippen LogP contribution in [0.5, 0.6) is 5.75 Å². The molecule has 0 spiro atoms.